The van der Waals surface area contributed by atoms with Crippen LogP contribution in [0.1, 0.15) is 5.56 Å². The molecule has 0 saturated heterocycles. The van der Waals surface area contributed by atoms with Crippen LogP contribution in [0.4, 0.5) is 17.3 Å². The fourth-order valence-corrected chi connectivity index (χ4v) is 3.97. The molecule has 2 aromatic heterocycles. The van der Waals surface area contributed by atoms with Gasteiger partial charge in [0.15, 0.2) is 0 Å². The zero-order chi connectivity index (χ0) is 26.7. The zero-order valence-electron chi connectivity index (χ0n) is 21.2. The number of hydrogen-bond acceptors (Lipinski definition) is 7. The molecule has 0 unspecified atom stereocenters. The number of amides is 2. The highest BCUT2D eigenvalue weighted by Crippen LogP contribution is 2.38. The van der Waals surface area contributed by atoms with Crippen molar-refractivity contribution >= 4 is 45.6 Å². The van der Waals surface area contributed by atoms with Crippen LogP contribution in [0.3, 0.4) is 0 Å². The summed E-state index contributed by atoms with van der Waals surface area (Å²) in [6.07, 6.45) is 3.56. The van der Waals surface area contributed by atoms with Crippen LogP contribution >= 0.6 is 0 Å². The monoisotopic (exact) mass is 499 g/mol. The number of carbonyl (C=O) groups is 2. The third-order valence-electron chi connectivity index (χ3n) is 5.89. The summed E-state index contributed by atoms with van der Waals surface area (Å²) < 4.78 is 5.61. The van der Waals surface area contributed by atoms with Gasteiger partial charge in [-0.25, -0.2) is 9.97 Å². The summed E-state index contributed by atoms with van der Waals surface area (Å²) >= 11 is 0. The van der Waals surface area contributed by atoms with Gasteiger partial charge in [-0.05, 0) is 32.3 Å². The predicted molar refractivity (Wildman–Crippen MR) is 146 cm³/mol. The van der Waals surface area contributed by atoms with E-state index in [1.54, 1.807) is 44.4 Å². The van der Waals surface area contributed by atoms with Crippen molar-refractivity contribution in [3.05, 3.63) is 67.0 Å². The number of benzene rings is 2. The number of H-pyrrole nitrogens is 1. The first kappa shape index (κ1) is 25.4. The number of aromatic amines is 1. The SMILES string of the molecule is C=C(C(N)=O)c1cc(Nc2nccc(-c3c[nH]c4ccccc34)n2)c(OC)cc1N(C)C(=O)CN(C)C. The van der Waals surface area contributed by atoms with E-state index in [2.05, 4.69) is 26.8 Å². The van der Waals surface area contributed by atoms with E-state index in [1.165, 1.54) is 12.0 Å². The van der Waals surface area contributed by atoms with E-state index in [4.69, 9.17) is 10.5 Å². The largest absolute Gasteiger partial charge is 0.494 e. The van der Waals surface area contributed by atoms with Gasteiger partial charge in [0.2, 0.25) is 17.8 Å². The van der Waals surface area contributed by atoms with E-state index in [1.807, 2.05) is 36.5 Å². The summed E-state index contributed by atoms with van der Waals surface area (Å²) in [5.74, 6) is -0.146. The highest BCUT2D eigenvalue weighted by atomic mass is 16.5. The third-order valence-corrected chi connectivity index (χ3v) is 5.89. The number of nitrogens with one attached hydrogen (secondary N) is 2. The lowest BCUT2D eigenvalue weighted by atomic mass is 10.0. The lowest BCUT2D eigenvalue weighted by molar-refractivity contribution is -0.119. The maximum Gasteiger partial charge on any atom is 0.248 e. The van der Waals surface area contributed by atoms with Crippen molar-refractivity contribution in [2.75, 3.05) is 45.0 Å². The van der Waals surface area contributed by atoms with Crippen LogP contribution in [0, 0.1) is 0 Å². The minimum Gasteiger partial charge on any atom is -0.494 e. The van der Waals surface area contributed by atoms with Gasteiger partial charge in [-0.3, -0.25) is 9.59 Å². The molecular weight excluding hydrogens is 470 g/mol. The van der Waals surface area contributed by atoms with Crippen LogP contribution in [0.25, 0.3) is 27.7 Å². The molecule has 2 amide bonds. The van der Waals surface area contributed by atoms with E-state index in [0.717, 1.165) is 22.2 Å². The van der Waals surface area contributed by atoms with Gasteiger partial charge in [0.05, 0.1) is 30.7 Å². The summed E-state index contributed by atoms with van der Waals surface area (Å²) in [6, 6.07) is 13.1. The Bertz CT molecular complexity index is 1490. The number of para-hydroxylation sites is 1. The molecule has 0 aliphatic carbocycles. The Kier molecular flexibility index (Phi) is 7.21. The van der Waals surface area contributed by atoms with E-state index >= 15 is 0 Å². The van der Waals surface area contributed by atoms with E-state index in [0.29, 0.717) is 28.6 Å². The summed E-state index contributed by atoms with van der Waals surface area (Å²) in [5, 5.41) is 4.21. The van der Waals surface area contributed by atoms with Crippen molar-refractivity contribution in [2.45, 2.75) is 0 Å². The van der Waals surface area contributed by atoms with Crippen LogP contribution in [-0.4, -0.2) is 66.5 Å². The van der Waals surface area contributed by atoms with Crippen molar-refractivity contribution in [3.8, 4) is 17.0 Å². The molecule has 10 heteroatoms. The molecule has 0 saturated carbocycles. The molecule has 2 heterocycles. The molecule has 0 radical (unpaired) electrons. The average molecular weight is 500 g/mol. The first-order valence-corrected chi connectivity index (χ1v) is 11.5. The van der Waals surface area contributed by atoms with Gasteiger partial charge in [-0.1, -0.05) is 24.8 Å². The van der Waals surface area contributed by atoms with Crippen LogP contribution in [0.5, 0.6) is 5.75 Å². The molecular formula is C27H29N7O3. The fourth-order valence-electron chi connectivity index (χ4n) is 3.97. The maximum atomic E-state index is 12.8. The first-order valence-electron chi connectivity index (χ1n) is 11.5. The minimum atomic E-state index is -0.705. The molecule has 190 valence electrons. The van der Waals surface area contributed by atoms with Gasteiger partial charge in [-0.15, -0.1) is 0 Å². The van der Waals surface area contributed by atoms with Gasteiger partial charge in [0, 0.05) is 53.1 Å². The molecule has 10 nitrogen and oxygen atoms in total. The Balaban J connectivity index is 1.75. The number of ether oxygens (including phenoxy) is 1. The number of primary amides is 1. The quantitative estimate of drug-likeness (QED) is 0.301. The second-order valence-electron chi connectivity index (χ2n) is 8.74. The number of nitrogens with two attached hydrogens (primary N) is 1. The number of likely N-dealkylation sites (N-methyl/N-ethyl adjacent to an activating group) is 2. The Morgan fingerprint density at radius 1 is 1.16 bits per heavy atom. The third kappa shape index (κ3) is 5.29. The topological polar surface area (TPSA) is 129 Å². The van der Waals surface area contributed by atoms with E-state index < -0.39 is 5.91 Å². The number of aromatic nitrogens is 3. The standard InChI is InChI=1S/C27H29N7O3/c1-16(26(28)36)18-12-22(24(37-5)13-23(18)34(4)25(35)15-33(2)3)32-27-29-11-10-21(31-27)19-14-30-20-9-7-6-8-17(19)20/h6-14,30H,1,15H2,2-5H3,(H2,28,36)(H,29,31,32). The molecule has 0 fully saturated rings. The Morgan fingerprint density at radius 3 is 2.62 bits per heavy atom. The van der Waals surface area contributed by atoms with Crippen LogP contribution in [0.15, 0.2) is 61.4 Å². The molecule has 2 aromatic carbocycles. The fraction of sp³-hybridized carbons (Fsp3) is 0.185. The second-order valence-corrected chi connectivity index (χ2v) is 8.74. The molecule has 4 aromatic rings. The number of anilines is 3. The summed E-state index contributed by atoms with van der Waals surface area (Å²) in [7, 11) is 6.73. The van der Waals surface area contributed by atoms with Crippen molar-refractivity contribution in [3.63, 3.8) is 0 Å². The van der Waals surface area contributed by atoms with Crippen LogP contribution < -0.4 is 20.7 Å². The molecule has 4 N–H and O–H groups in total. The average Bonchev–Trinajstić information content (AvgIpc) is 3.31. The van der Waals surface area contributed by atoms with Crippen molar-refractivity contribution in [2.24, 2.45) is 5.73 Å². The Hall–Kier alpha value is -4.70. The van der Waals surface area contributed by atoms with Crippen molar-refractivity contribution in [1.29, 1.82) is 0 Å². The van der Waals surface area contributed by atoms with Crippen molar-refractivity contribution < 1.29 is 14.3 Å². The predicted octanol–water partition coefficient (Wildman–Crippen LogP) is 3.40. The number of carbonyl (C=O) groups excluding carboxylic acids is 2. The number of rotatable bonds is 9. The van der Waals surface area contributed by atoms with Gasteiger partial charge in [-0.2, -0.15) is 0 Å². The van der Waals surface area contributed by atoms with E-state index in [9.17, 15) is 9.59 Å². The number of methoxy groups -OCH3 is 1. The zero-order valence-corrected chi connectivity index (χ0v) is 21.2. The molecule has 0 atom stereocenters. The van der Waals surface area contributed by atoms with Crippen molar-refractivity contribution in [1.82, 2.24) is 19.9 Å². The van der Waals surface area contributed by atoms with Crippen LogP contribution in [0.2, 0.25) is 0 Å². The highest BCUT2D eigenvalue weighted by molar-refractivity contribution is 6.20. The lowest BCUT2D eigenvalue weighted by Crippen LogP contribution is -2.35. The highest BCUT2D eigenvalue weighted by Gasteiger charge is 2.22. The number of hydrogen-bond donors (Lipinski definition) is 3. The molecule has 0 aliphatic heterocycles. The van der Waals surface area contributed by atoms with Gasteiger partial charge >= 0.3 is 0 Å². The Morgan fingerprint density at radius 2 is 1.92 bits per heavy atom. The number of nitrogens with zero attached hydrogens (tertiary/aromatic N) is 4. The second kappa shape index (κ2) is 10.5. The summed E-state index contributed by atoms with van der Waals surface area (Å²) in [5.41, 5.74) is 9.58. The number of fused-ring (bicyclic) bond motifs is 1. The smallest absolute Gasteiger partial charge is 0.248 e. The molecule has 4 rings (SSSR count). The van der Waals surface area contributed by atoms with Gasteiger partial charge in [0.1, 0.15) is 5.75 Å². The van der Waals surface area contributed by atoms with E-state index in [-0.39, 0.29) is 18.0 Å². The molecule has 37 heavy (non-hydrogen) atoms. The maximum absolute atomic E-state index is 12.8. The molecule has 0 aliphatic rings. The van der Waals surface area contributed by atoms with Gasteiger partial charge < -0.3 is 30.6 Å². The summed E-state index contributed by atoms with van der Waals surface area (Å²) in [6.45, 7) is 4.02. The first-order chi connectivity index (χ1) is 17.7. The normalized spacial score (nSPS) is 10.9. The summed E-state index contributed by atoms with van der Waals surface area (Å²) in [4.78, 5) is 40.3. The van der Waals surface area contributed by atoms with Crippen LogP contribution in [-0.2, 0) is 9.59 Å². The lowest BCUT2D eigenvalue weighted by Gasteiger charge is -2.24. The molecule has 0 bridgehead atoms. The minimum absolute atomic E-state index is 0.0543. The molecule has 0 spiro atoms. The van der Waals surface area contributed by atoms with Gasteiger partial charge in [0.25, 0.3) is 0 Å². The Labute approximate surface area is 214 Å².